The van der Waals surface area contributed by atoms with Gasteiger partial charge in [-0.3, -0.25) is 4.79 Å². The maximum Gasteiger partial charge on any atom is 0.165 e. The molecule has 5 rings (SSSR count). The van der Waals surface area contributed by atoms with Crippen LogP contribution in [0.4, 0.5) is 0 Å². The van der Waals surface area contributed by atoms with Gasteiger partial charge in [0.1, 0.15) is 5.75 Å². The molecule has 1 aromatic carbocycles. The summed E-state index contributed by atoms with van der Waals surface area (Å²) in [4.78, 5) is 13.5. The molecular weight excluding hydrogens is 372 g/mol. The van der Waals surface area contributed by atoms with Gasteiger partial charge in [-0.05, 0) is 110 Å². The lowest BCUT2D eigenvalue weighted by atomic mass is 9.45. The van der Waals surface area contributed by atoms with Gasteiger partial charge in [0.05, 0.1) is 13.2 Å². The average molecular weight is 409 g/mol. The minimum Gasteiger partial charge on any atom is -0.497 e. The van der Waals surface area contributed by atoms with Crippen LogP contribution >= 0.6 is 0 Å². The fourth-order valence-electron chi connectivity index (χ4n) is 7.94. The molecule has 3 heteroatoms. The number of aliphatic hydroxyl groups is 1. The van der Waals surface area contributed by atoms with Crippen LogP contribution in [0.3, 0.4) is 0 Å². The van der Waals surface area contributed by atoms with Crippen LogP contribution in [0, 0.1) is 34.5 Å². The fourth-order valence-corrected chi connectivity index (χ4v) is 7.94. The van der Waals surface area contributed by atoms with Crippen molar-refractivity contribution in [1.82, 2.24) is 0 Å². The smallest absolute Gasteiger partial charge is 0.165 e. The van der Waals surface area contributed by atoms with Crippen molar-refractivity contribution in [3.8, 4) is 5.75 Å². The highest BCUT2D eigenvalue weighted by atomic mass is 16.5. The SMILES string of the molecule is COc1ccc(/C=C2/C[C@@H]3[C@H]4CC[C@H]5C[C@@H](O)CC[C@]5(C)[C@@H]4CC[C@@]3(C)C2=O)cc1. The molecule has 0 saturated heterocycles. The molecule has 7 atom stereocenters. The highest BCUT2D eigenvalue weighted by molar-refractivity contribution is 6.05. The first-order chi connectivity index (χ1) is 14.3. The molecule has 3 nitrogen and oxygen atoms in total. The number of hydrogen-bond acceptors (Lipinski definition) is 3. The third-order valence-corrected chi connectivity index (χ3v) is 9.73. The Kier molecular flexibility index (Phi) is 4.89. The van der Waals surface area contributed by atoms with Crippen molar-refractivity contribution in [2.45, 2.75) is 71.3 Å². The van der Waals surface area contributed by atoms with Gasteiger partial charge in [-0.1, -0.05) is 26.0 Å². The standard InChI is InChI=1S/C27H36O3/c1-26-12-10-20(28)16-19(26)6-9-22-23(26)11-13-27(2)24(22)15-18(25(27)29)14-17-4-7-21(30-3)8-5-17/h4-5,7-8,14,19-20,22-24,28H,6,9-13,15-16H2,1-3H3/b18-14-/t19-,20-,22-,23+,24+,26-,27+/m0/s1. The number of ether oxygens (including phenoxy) is 1. The molecule has 0 unspecified atom stereocenters. The van der Waals surface area contributed by atoms with Gasteiger partial charge in [-0.15, -0.1) is 0 Å². The van der Waals surface area contributed by atoms with Crippen LogP contribution in [0.2, 0.25) is 0 Å². The van der Waals surface area contributed by atoms with E-state index in [-0.39, 0.29) is 11.5 Å². The largest absolute Gasteiger partial charge is 0.497 e. The predicted octanol–water partition coefficient (Wildman–Crippen LogP) is 5.66. The minimum absolute atomic E-state index is 0.0967. The van der Waals surface area contributed by atoms with Crippen LogP contribution in [0.25, 0.3) is 6.08 Å². The number of carbonyl (C=O) groups is 1. The first kappa shape index (κ1) is 20.3. The van der Waals surface area contributed by atoms with Gasteiger partial charge in [0.15, 0.2) is 5.78 Å². The summed E-state index contributed by atoms with van der Waals surface area (Å²) in [6.07, 6.45) is 10.8. The molecule has 4 aliphatic rings. The maximum atomic E-state index is 13.5. The maximum absolute atomic E-state index is 13.5. The van der Waals surface area contributed by atoms with E-state index in [1.54, 1.807) is 7.11 Å². The molecule has 4 aliphatic carbocycles. The molecule has 4 saturated carbocycles. The Morgan fingerprint density at radius 1 is 1.03 bits per heavy atom. The van der Waals surface area contributed by atoms with Gasteiger partial charge < -0.3 is 9.84 Å². The number of aliphatic hydroxyl groups excluding tert-OH is 1. The van der Waals surface area contributed by atoms with Gasteiger partial charge in [0.2, 0.25) is 0 Å². The van der Waals surface area contributed by atoms with E-state index in [4.69, 9.17) is 4.74 Å². The Balaban J connectivity index is 1.42. The van der Waals surface area contributed by atoms with E-state index in [0.717, 1.165) is 54.9 Å². The highest BCUT2D eigenvalue weighted by Crippen LogP contribution is 2.66. The lowest BCUT2D eigenvalue weighted by Gasteiger charge is -2.59. The molecule has 0 aromatic heterocycles. The van der Waals surface area contributed by atoms with E-state index in [0.29, 0.717) is 29.0 Å². The average Bonchev–Trinajstić information content (AvgIpc) is 3.00. The summed E-state index contributed by atoms with van der Waals surface area (Å²) >= 11 is 0. The van der Waals surface area contributed by atoms with Crippen LogP contribution in [-0.4, -0.2) is 24.1 Å². The number of methoxy groups -OCH3 is 1. The van der Waals surface area contributed by atoms with E-state index < -0.39 is 0 Å². The number of rotatable bonds is 2. The van der Waals surface area contributed by atoms with E-state index in [9.17, 15) is 9.90 Å². The number of Topliss-reactive ketones (excluding diaryl/α,β-unsaturated/α-hetero) is 1. The lowest BCUT2D eigenvalue weighted by molar-refractivity contribution is -0.141. The van der Waals surface area contributed by atoms with Crippen molar-refractivity contribution in [3.63, 3.8) is 0 Å². The van der Waals surface area contributed by atoms with Gasteiger partial charge in [0.25, 0.3) is 0 Å². The third-order valence-electron chi connectivity index (χ3n) is 9.73. The van der Waals surface area contributed by atoms with Gasteiger partial charge >= 0.3 is 0 Å². The van der Waals surface area contributed by atoms with E-state index in [1.807, 2.05) is 24.3 Å². The Bertz CT molecular complexity index is 855. The summed E-state index contributed by atoms with van der Waals surface area (Å²) in [6.45, 7) is 4.76. The van der Waals surface area contributed by atoms with Crippen molar-refractivity contribution < 1.29 is 14.6 Å². The Morgan fingerprint density at radius 3 is 2.53 bits per heavy atom. The number of benzene rings is 1. The monoisotopic (exact) mass is 408 g/mol. The number of carbonyl (C=O) groups excluding carboxylic acids is 1. The molecule has 1 aromatic rings. The molecule has 1 N–H and O–H groups in total. The molecule has 4 fully saturated rings. The normalized spacial score (nSPS) is 44.3. The van der Waals surface area contributed by atoms with Crippen molar-refractivity contribution in [2.75, 3.05) is 7.11 Å². The highest BCUT2D eigenvalue weighted by Gasteiger charge is 2.61. The summed E-state index contributed by atoms with van der Waals surface area (Å²) in [5, 5.41) is 10.2. The van der Waals surface area contributed by atoms with Gasteiger partial charge in [-0.25, -0.2) is 0 Å². The fraction of sp³-hybridized carbons (Fsp3) is 0.667. The van der Waals surface area contributed by atoms with Crippen molar-refractivity contribution in [1.29, 1.82) is 0 Å². The van der Waals surface area contributed by atoms with Crippen LogP contribution < -0.4 is 4.74 Å². The van der Waals surface area contributed by atoms with Crippen molar-refractivity contribution in [3.05, 3.63) is 35.4 Å². The number of fused-ring (bicyclic) bond motifs is 5. The quantitative estimate of drug-likeness (QED) is 0.642. The molecule has 0 aliphatic heterocycles. The zero-order valence-electron chi connectivity index (χ0n) is 18.7. The van der Waals surface area contributed by atoms with Crippen molar-refractivity contribution in [2.24, 2.45) is 34.5 Å². The van der Waals surface area contributed by atoms with E-state index in [2.05, 4.69) is 19.9 Å². The number of hydrogen-bond donors (Lipinski definition) is 1. The summed E-state index contributed by atoms with van der Waals surface area (Å²) in [5.74, 6) is 3.77. The van der Waals surface area contributed by atoms with Crippen LogP contribution in [0.1, 0.15) is 70.8 Å². The summed E-state index contributed by atoms with van der Waals surface area (Å²) < 4.78 is 5.27. The lowest BCUT2D eigenvalue weighted by Crippen LogP contribution is -2.54. The predicted molar refractivity (Wildman–Crippen MR) is 119 cm³/mol. The van der Waals surface area contributed by atoms with E-state index in [1.165, 1.54) is 19.3 Å². The zero-order chi connectivity index (χ0) is 21.1. The summed E-state index contributed by atoms with van der Waals surface area (Å²) in [7, 11) is 1.68. The summed E-state index contributed by atoms with van der Waals surface area (Å²) in [6, 6.07) is 8.03. The number of allylic oxidation sites excluding steroid dienone is 1. The first-order valence-corrected chi connectivity index (χ1v) is 11.9. The molecule has 0 heterocycles. The topological polar surface area (TPSA) is 46.5 Å². The molecular formula is C27H36O3. The van der Waals surface area contributed by atoms with Gasteiger partial charge in [0, 0.05) is 5.41 Å². The number of ketones is 1. The Morgan fingerprint density at radius 2 is 1.80 bits per heavy atom. The van der Waals surface area contributed by atoms with E-state index >= 15 is 0 Å². The molecule has 0 bridgehead atoms. The molecule has 0 amide bonds. The molecule has 0 spiro atoms. The molecule has 162 valence electrons. The molecule has 0 radical (unpaired) electrons. The Hall–Kier alpha value is -1.61. The Labute approximate surface area is 180 Å². The summed E-state index contributed by atoms with van der Waals surface area (Å²) in [5.41, 5.74) is 2.29. The molecule has 30 heavy (non-hydrogen) atoms. The van der Waals surface area contributed by atoms with Crippen LogP contribution in [0.5, 0.6) is 5.75 Å². The second-order valence-electron chi connectivity index (χ2n) is 11.0. The van der Waals surface area contributed by atoms with Crippen molar-refractivity contribution >= 4 is 11.9 Å². The second kappa shape index (κ2) is 7.22. The third kappa shape index (κ3) is 2.99. The van der Waals surface area contributed by atoms with Crippen LogP contribution in [0.15, 0.2) is 29.8 Å². The zero-order valence-corrected chi connectivity index (χ0v) is 18.7. The van der Waals surface area contributed by atoms with Crippen LogP contribution in [-0.2, 0) is 4.79 Å². The minimum atomic E-state index is -0.184. The van der Waals surface area contributed by atoms with Gasteiger partial charge in [-0.2, -0.15) is 0 Å². The second-order valence-corrected chi connectivity index (χ2v) is 11.0. The first-order valence-electron chi connectivity index (χ1n) is 11.9.